The third kappa shape index (κ3) is 2.71. The average molecular weight is 200 g/mol. The van der Waals surface area contributed by atoms with Crippen molar-refractivity contribution in [1.82, 2.24) is 0 Å². The highest BCUT2D eigenvalue weighted by Gasteiger charge is 2.38. The molecular weight excluding hydrogens is 180 g/mol. The zero-order valence-corrected chi connectivity index (χ0v) is 9.19. The van der Waals surface area contributed by atoms with Crippen LogP contribution in [0.4, 0.5) is 0 Å². The lowest BCUT2D eigenvalue weighted by atomic mass is 9.95. The summed E-state index contributed by atoms with van der Waals surface area (Å²) in [6.45, 7) is 6.26. The summed E-state index contributed by atoms with van der Waals surface area (Å²) in [6, 6.07) is 0. The third-order valence-corrected chi connectivity index (χ3v) is 2.79. The summed E-state index contributed by atoms with van der Waals surface area (Å²) in [5, 5.41) is 8.99. The normalized spacial score (nSPS) is 32.4. The summed E-state index contributed by atoms with van der Waals surface area (Å²) in [7, 11) is 0. The van der Waals surface area contributed by atoms with Gasteiger partial charge in [0, 0.05) is 0 Å². The Morgan fingerprint density at radius 3 is 2.57 bits per heavy atom. The molecule has 1 heterocycles. The molecule has 3 atom stereocenters. The lowest BCUT2D eigenvalue weighted by molar-refractivity contribution is -0.143. The van der Waals surface area contributed by atoms with E-state index in [2.05, 4.69) is 13.8 Å². The molecule has 3 nitrogen and oxygen atoms in total. The number of aliphatic carboxylic acids is 1. The molecule has 0 aromatic rings. The smallest absolute Gasteiger partial charge is 0.309 e. The van der Waals surface area contributed by atoms with Crippen LogP contribution >= 0.6 is 0 Å². The van der Waals surface area contributed by atoms with Crippen molar-refractivity contribution in [2.45, 2.75) is 52.2 Å². The highest BCUT2D eigenvalue weighted by molar-refractivity contribution is 5.71. The molecule has 3 heteroatoms. The molecule has 14 heavy (non-hydrogen) atoms. The monoisotopic (exact) mass is 200 g/mol. The molecule has 1 aliphatic rings. The van der Waals surface area contributed by atoms with Gasteiger partial charge in [-0.3, -0.25) is 4.79 Å². The minimum atomic E-state index is -0.705. The molecule has 82 valence electrons. The average Bonchev–Trinajstić information content (AvgIpc) is 2.46. The summed E-state index contributed by atoms with van der Waals surface area (Å²) >= 11 is 0. The van der Waals surface area contributed by atoms with E-state index in [0.717, 1.165) is 12.8 Å². The molecule has 1 N–H and O–H groups in total. The SMILES string of the molecule is CCC1OC(CC(C)C)CC1C(=O)O. The van der Waals surface area contributed by atoms with E-state index in [9.17, 15) is 4.79 Å². The van der Waals surface area contributed by atoms with Crippen LogP contribution in [0.2, 0.25) is 0 Å². The fourth-order valence-electron chi connectivity index (χ4n) is 2.15. The van der Waals surface area contributed by atoms with Crippen LogP contribution < -0.4 is 0 Å². The summed E-state index contributed by atoms with van der Waals surface area (Å²) in [6.07, 6.45) is 2.54. The number of hydrogen-bond donors (Lipinski definition) is 1. The largest absolute Gasteiger partial charge is 0.481 e. The van der Waals surface area contributed by atoms with E-state index < -0.39 is 5.97 Å². The topological polar surface area (TPSA) is 46.5 Å². The Morgan fingerprint density at radius 1 is 1.57 bits per heavy atom. The first-order chi connectivity index (χ1) is 6.54. The quantitative estimate of drug-likeness (QED) is 0.757. The minimum Gasteiger partial charge on any atom is -0.481 e. The second-order valence-corrected chi connectivity index (χ2v) is 4.51. The third-order valence-electron chi connectivity index (χ3n) is 2.79. The van der Waals surface area contributed by atoms with Crippen molar-refractivity contribution in [3.05, 3.63) is 0 Å². The first-order valence-corrected chi connectivity index (χ1v) is 5.42. The molecule has 0 aromatic carbocycles. The standard InChI is InChI=1S/C11H20O3/c1-4-10-9(11(12)13)6-8(14-10)5-7(2)3/h7-10H,4-6H2,1-3H3,(H,12,13). The van der Waals surface area contributed by atoms with Gasteiger partial charge >= 0.3 is 5.97 Å². The lowest BCUT2D eigenvalue weighted by Gasteiger charge is -2.14. The molecular formula is C11H20O3. The van der Waals surface area contributed by atoms with E-state index in [4.69, 9.17) is 9.84 Å². The van der Waals surface area contributed by atoms with Crippen LogP contribution in [0.5, 0.6) is 0 Å². The highest BCUT2D eigenvalue weighted by Crippen LogP contribution is 2.31. The van der Waals surface area contributed by atoms with Crippen molar-refractivity contribution in [3.8, 4) is 0 Å². The molecule has 1 aliphatic heterocycles. The Morgan fingerprint density at radius 2 is 2.21 bits per heavy atom. The van der Waals surface area contributed by atoms with Gasteiger partial charge in [-0.2, -0.15) is 0 Å². The second-order valence-electron chi connectivity index (χ2n) is 4.51. The number of carboxylic acid groups (broad SMARTS) is 1. The minimum absolute atomic E-state index is 0.0729. The van der Waals surface area contributed by atoms with Crippen LogP contribution in [-0.4, -0.2) is 23.3 Å². The van der Waals surface area contributed by atoms with Gasteiger partial charge in [-0.1, -0.05) is 20.8 Å². The molecule has 0 aromatic heterocycles. The molecule has 0 bridgehead atoms. The Bertz CT molecular complexity index is 201. The number of carboxylic acids is 1. The highest BCUT2D eigenvalue weighted by atomic mass is 16.5. The van der Waals surface area contributed by atoms with E-state index in [-0.39, 0.29) is 18.1 Å². The fraction of sp³-hybridized carbons (Fsp3) is 0.909. The Kier molecular flexibility index (Phi) is 3.93. The van der Waals surface area contributed by atoms with Crippen molar-refractivity contribution in [2.75, 3.05) is 0 Å². The summed E-state index contributed by atoms with van der Waals surface area (Å²) < 4.78 is 5.71. The van der Waals surface area contributed by atoms with Gasteiger partial charge < -0.3 is 9.84 Å². The van der Waals surface area contributed by atoms with E-state index in [1.807, 2.05) is 6.92 Å². The zero-order chi connectivity index (χ0) is 10.7. The van der Waals surface area contributed by atoms with Crippen molar-refractivity contribution in [1.29, 1.82) is 0 Å². The van der Waals surface area contributed by atoms with E-state index >= 15 is 0 Å². The first kappa shape index (κ1) is 11.5. The lowest BCUT2D eigenvalue weighted by Crippen LogP contribution is -2.22. The van der Waals surface area contributed by atoms with Crippen LogP contribution in [0.1, 0.15) is 40.0 Å². The predicted octanol–water partition coefficient (Wildman–Crippen LogP) is 2.30. The van der Waals surface area contributed by atoms with Crippen LogP contribution in [0.25, 0.3) is 0 Å². The van der Waals surface area contributed by atoms with Gasteiger partial charge in [0.1, 0.15) is 0 Å². The van der Waals surface area contributed by atoms with Crippen LogP contribution in [-0.2, 0) is 9.53 Å². The molecule has 0 spiro atoms. The molecule has 3 unspecified atom stereocenters. The van der Waals surface area contributed by atoms with Crippen molar-refractivity contribution in [2.24, 2.45) is 11.8 Å². The zero-order valence-electron chi connectivity index (χ0n) is 9.19. The summed E-state index contributed by atoms with van der Waals surface area (Å²) in [5.41, 5.74) is 0. The number of hydrogen-bond acceptors (Lipinski definition) is 2. The number of carbonyl (C=O) groups is 1. The maximum Gasteiger partial charge on any atom is 0.309 e. The van der Waals surface area contributed by atoms with Gasteiger partial charge in [-0.25, -0.2) is 0 Å². The van der Waals surface area contributed by atoms with Gasteiger partial charge in [0.15, 0.2) is 0 Å². The first-order valence-electron chi connectivity index (χ1n) is 5.42. The van der Waals surface area contributed by atoms with Crippen LogP contribution in [0.15, 0.2) is 0 Å². The van der Waals surface area contributed by atoms with Gasteiger partial charge in [-0.15, -0.1) is 0 Å². The molecule has 0 amide bonds. The predicted molar refractivity (Wildman–Crippen MR) is 54.1 cm³/mol. The fourth-order valence-corrected chi connectivity index (χ4v) is 2.15. The van der Waals surface area contributed by atoms with Gasteiger partial charge in [0.25, 0.3) is 0 Å². The van der Waals surface area contributed by atoms with E-state index in [1.165, 1.54) is 0 Å². The molecule has 0 radical (unpaired) electrons. The Balaban J connectivity index is 2.52. The van der Waals surface area contributed by atoms with Gasteiger partial charge in [0.05, 0.1) is 18.1 Å². The molecule has 1 saturated heterocycles. The Labute approximate surface area is 85.5 Å². The maximum atomic E-state index is 10.9. The van der Waals surface area contributed by atoms with E-state index in [0.29, 0.717) is 12.3 Å². The van der Waals surface area contributed by atoms with Crippen molar-refractivity contribution < 1.29 is 14.6 Å². The van der Waals surface area contributed by atoms with Crippen molar-refractivity contribution in [3.63, 3.8) is 0 Å². The molecule has 0 aliphatic carbocycles. The second kappa shape index (κ2) is 4.78. The van der Waals surface area contributed by atoms with Gasteiger partial charge in [-0.05, 0) is 25.2 Å². The molecule has 1 fully saturated rings. The van der Waals surface area contributed by atoms with Crippen molar-refractivity contribution >= 4 is 5.97 Å². The Hall–Kier alpha value is -0.570. The van der Waals surface area contributed by atoms with Crippen LogP contribution in [0.3, 0.4) is 0 Å². The van der Waals surface area contributed by atoms with E-state index in [1.54, 1.807) is 0 Å². The summed E-state index contributed by atoms with van der Waals surface area (Å²) in [5.74, 6) is -0.420. The number of rotatable bonds is 4. The summed E-state index contributed by atoms with van der Waals surface area (Å²) in [4.78, 5) is 10.9. The number of ether oxygens (including phenoxy) is 1. The van der Waals surface area contributed by atoms with Gasteiger partial charge in [0.2, 0.25) is 0 Å². The molecule has 1 rings (SSSR count). The maximum absolute atomic E-state index is 10.9. The molecule has 0 saturated carbocycles. The van der Waals surface area contributed by atoms with Crippen LogP contribution in [0, 0.1) is 11.8 Å².